The Morgan fingerprint density at radius 2 is 1.83 bits per heavy atom. The van der Waals surface area contributed by atoms with Crippen LogP contribution in [-0.2, 0) is 0 Å². The van der Waals surface area contributed by atoms with Gasteiger partial charge in [0.1, 0.15) is 6.04 Å². The van der Waals surface area contributed by atoms with Crippen molar-refractivity contribution in [3.8, 4) is 6.07 Å². The zero-order chi connectivity index (χ0) is 9.14. The summed E-state index contributed by atoms with van der Waals surface area (Å²) in [4.78, 5) is 0. The van der Waals surface area contributed by atoms with Crippen LogP contribution in [0.1, 0.15) is 11.6 Å². The molecule has 0 fully saturated rings. The van der Waals surface area contributed by atoms with Crippen LogP contribution in [0.5, 0.6) is 0 Å². The molecule has 1 aromatic carbocycles. The van der Waals surface area contributed by atoms with Crippen LogP contribution in [-0.4, -0.2) is 0 Å². The summed E-state index contributed by atoms with van der Waals surface area (Å²) in [5.74, 6) is 0. The van der Waals surface area contributed by atoms with Crippen molar-refractivity contribution in [1.29, 1.82) is 5.26 Å². The number of nitrogens with zero attached hydrogens (tertiary/aromatic N) is 1. The molecule has 2 nitrogen and oxygen atoms in total. The van der Waals surface area contributed by atoms with E-state index in [0.29, 0.717) is 15.6 Å². The standard InChI is InChI=1S/C8H6Cl2N2/c9-5-2-1-3-6(10)8(5)7(12)4-11/h1-3,7H,12H2/t7-/m0/s1. The third kappa shape index (κ3) is 1.70. The van der Waals surface area contributed by atoms with Crippen LogP contribution in [0, 0.1) is 11.3 Å². The number of nitrogens with two attached hydrogens (primary N) is 1. The van der Waals surface area contributed by atoms with Gasteiger partial charge >= 0.3 is 0 Å². The van der Waals surface area contributed by atoms with E-state index < -0.39 is 6.04 Å². The van der Waals surface area contributed by atoms with Gasteiger partial charge in [-0.25, -0.2) is 0 Å². The van der Waals surface area contributed by atoms with Gasteiger partial charge in [0.25, 0.3) is 0 Å². The zero-order valence-electron chi connectivity index (χ0n) is 6.09. The zero-order valence-corrected chi connectivity index (χ0v) is 7.60. The molecule has 0 saturated heterocycles. The minimum Gasteiger partial charge on any atom is -0.312 e. The fourth-order valence-electron chi connectivity index (χ4n) is 0.872. The van der Waals surface area contributed by atoms with Gasteiger partial charge in [0.05, 0.1) is 6.07 Å². The predicted octanol–water partition coefficient (Wildman–Crippen LogP) is 2.52. The number of nitriles is 1. The van der Waals surface area contributed by atoms with Crippen LogP contribution in [0.25, 0.3) is 0 Å². The molecule has 1 atom stereocenters. The van der Waals surface area contributed by atoms with E-state index in [2.05, 4.69) is 0 Å². The van der Waals surface area contributed by atoms with Crippen LogP contribution >= 0.6 is 23.2 Å². The number of halogens is 2. The van der Waals surface area contributed by atoms with Gasteiger partial charge in [-0.3, -0.25) is 0 Å². The minimum atomic E-state index is -0.758. The topological polar surface area (TPSA) is 49.8 Å². The van der Waals surface area contributed by atoms with Crippen molar-refractivity contribution >= 4 is 23.2 Å². The summed E-state index contributed by atoms with van der Waals surface area (Å²) in [6, 6.07) is 6.13. The van der Waals surface area contributed by atoms with E-state index in [1.165, 1.54) is 0 Å². The van der Waals surface area contributed by atoms with Crippen LogP contribution in [0.2, 0.25) is 10.0 Å². The van der Waals surface area contributed by atoms with E-state index >= 15 is 0 Å². The Kier molecular flexibility index (Phi) is 2.93. The summed E-state index contributed by atoms with van der Waals surface area (Å²) in [6.07, 6.45) is 0. The summed E-state index contributed by atoms with van der Waals surface area (Å²) in [6.45, 7) is 0. The average molecular weight is 201 g/mol. The van der Waals surface area contributed by atoms with Crippen LogP contribution in [0.3, 0.4) is 0 Å². The second-order valence-electron chi connectivity index (χ2n) is 2.24. The maximum Gasteiger partial charge on any atom is 0.121 e. The van der Waals surface area contributed by atoms with Crippen molar-refractivity contribution in [2.24, 2.45) is 5.73 Å². The third-order valence-corrected chi connectivity index (χ3v) is 2.11. The molecule has 62 valence electrons. The lowest BCUT2D eigenvalue weighted by Crippen LogP contribution is -2.08. The minimum absolute atomic E-state index is 0.427. The monoisotopic (exact) mass is 200 g/mol. The van der Waals surface area contributed by atoms with E-state index in [4.69, 9.17) is 34.2 Å². The highest BCUT2D eigenvalue weighted by molar-refractivity contribution is 6.36. The van der Waals surface area contributed by atoms with Crippen molar-refractivity contribution in [1.82, 2.24) is 0 Å². The molecular weight excluding hydrogens is 195 g/mol. The van der Waals surface area contributed by atoms with Gasteiger partial charge in [-0.05, 0) is 12.1 Å². The summed E-state index contributed by atoms with van der Waals surface area (Å²) in [5, 5.41) is 9.40. The van der Waals surface area contributed by atoms with Crippen molar-refractivity contribution in [2.75, 3.05) is 0 Å². The van der Waals surface area contributed by atoms with Gasteiger partial charge in [0.15, 0.2) is 0 Å². The lowest BCUT2D eigenvalue weighted by molar-refractivity contribution is 0.927. The summed E-state index contributed by atoms with van der Waals surface area (Å²) >= 11 is 11.6. The Balaban J connectivity index is 3.23. The normalized spacial score (nSPS) is 12.2. The largest absolute Gasteiger partial charge is 0.312 e. The fraction of sp³-hybridized carbons (Fsp3) is 0.125. The molecule has 0 radical (unpaired) electrons. The maximum absolute atomic E-state index is 8.54. The number of hydrogen-bond acceptors (Lipinski definition) is 2. The van der Waals surface area contributed by atoms with E-state index in [1.54, 1.807) is 18.2 Å². The Labute approximate surface area is 80.5 Å². The van der Waals surface area contributed by atoms with Gasteiger partial charge in [-0.15, -0.1) is 0 Å². The molecule has 12 heavy (non-hydrogen) atoms. The molecule has 0 amide bonds. The van der Waals surface area contributed by atoms with Gasteiger partial charge in [-0.1, -0.05) is 29.3 Å². The molecule has 0 aliphatic rings. The summed E-state index contributed by atoms with van der Waals surface area (Å²) < 4.78 is 0. The lowest BCUT2D eigenvalue weighted by atomic mass is 10.1. The van der Waals surface area contributed by atoms with E-state index in [9.17, 15) is 0 Å². The van der Waals surface area contributed by atoms with Crippen molar-refractivity contribution < 1.29 is 0 Å². The molecule has 0 saturated carbocycles. The van der Waals surface area contributed by atoms with E-state index in [0.717, 1.165) is 0 Å². The second kappa shape index (κ2) is 3.77. The molecule has 0 aliphatic carbocycles. The van der Waals surface area contributed by atoms with Crippen molar-refractivity contribution in [3.63, 3.8) is 0 Å². The van der Waals surface area contributed by atoms with Gasteiger partial charge in [-0.2, -0.15) is 5.26 Å². The van der Waals surface area contributed by atoms with Gasteiger partial charge in [0.2, 0.25) is 0 Å². The van der Waals surface area contributed by atoms with Gasteiger partial charge < -0.3 is 5.73 Å². The van der Waals surface area contributed by atoms with Crippen LogP contribution in [0.15, 0.2) is 18.2 Å². The third-order valence-electron chi connectivity index (χ3n) is 1.45. The fourth-order valence-corrected chi connectivity index (χ4v) is 1.50. The molecule has 0 spiro atoms. The SMILES string of the molecule is N#C[C@H](N)c1c(Cl)cccc1Cl. The Bertz CT molecular complexity index is 310. The summed E-state index contributed by atoms with van der Waals surface area (Å²) in [7, 11) is 0. The Morgan fingerprint density at radius 1 is 1.33 bits per heavy atom. The second-order valence-corrected chi connectivity index (χ2v) is 3.06. The highest BCUT2D eigenvalue weighted by atomic mass is 35.5. The Hall–Kier alpha value is -0.750. The molecular formula is C8H6Cl2N2. The number of hydrogen-bond donors (Lipinski definition) is 1. The summed E-state index contributed by atoms with van der Waals surface area (Å²) in [5.41, 5.74) is 5.96. The molecule has 4 heteroatoms. The maximum atomic E-state index is 8.54. The average Bonchev–Trinajstić information content (AvgIpc) is 2.03. The first-order valence-electron chi connectivity index (χ1n) is 3.26. The van der Waals surface area contributed by atoms with Gasteiger partial charge in [0, 0.05) is 15.6 Å². The first-order valence-corrected chi connectivity index (χ1v) is 4.01. The molecule has 0 unspecified atom stereocenters. The van der Waals surface area contributed by atoms with E-state index in [-0.39, 0.29) is 0 Å². The molecule has 1 aromatic rings. The molecule has 0 heterocycles. The first kappa shape index (κ1) is 9.34. The number of benzene rings is 1. The smallest absolute Gasteiger partial charge is 0.121 e. The van der Waals surface area contributed by atoms with Crippen molar-refractivity contribution in [3.05, 3.63) is 33.8 Å². The first-order chi connectivity index (χ1) is 5.66. The van der Waals surface area contributed by atoms with E-state index in [1.807, 2.05) is 6.07 Å². The Morgan fingerprint density at radius 3 is 2.25 bits per heavy atom. The highest BCUT2D eigenvalue weighted by Gasteiger charge is 2.12. The number of rotatable bonds is 1. The van der Waals surface area contributed by atoms with Crippen LogP contribution < -0.4 is 5.73 Å². The molecule has 2 N–H and O–H groups in total. The quantitative estimate of drug-likeness (QED) is 0.758. The predicted molar refractivity (Wildman–Crippen MR) is 49.0 cm³/mol. The molecule has 0 aliphatic heterocycles. The molecule has 0 bridgehead atoms. The highest BCUT2D eigenvalue weighted by Crippen LogP contribution is 2.28. The molecule has 1 rings (SSSR count). The lowest BCUT2D eigenvalue weighted by Gasteiger charge is -2.07. The van der Waals surface area contributed by atoms with Crippen LogP contribution in [0.4, 0.5) is 0 Å². The molecule has 0 aromatic heterocycles. The van der Waals surface area contributed by atoms with Crippen molar-refractivity contribution in [2.45, 2.75) is 6.04 Å².